The minimum Gasteiger partial charge on any atom is -0.362 e. The van der Waals surface area contributed by atoms with Crippen LogP contribution < -0.4 is 10.6 Å². The van der Waals surface area contributed by atoms with Crippen molar-refractivity contribution in [1.29, 1.82) is 0 Å². The third-order valence-corrected chi connectivity index (χ3v) is 3.13. The van der Waals surface area contributed by atoms with Crippen molar-refractivity contribution in [1.82, 2.24) is 14.8 Å². The van der Waals surface area contributed by atoms with Crippen LogP contribution in [0.4, 0.5) is 0 Å². The van der Waals surface area contributed by atoms with E-state index in [1.54, 1.807) is 0 Å². The Morgan fingerprint density at radius 1 is 1.41 bits per heavy atom. The second-order valence-electron chi connectivity index (χ2n) is 4.37. The first-order valence-electron chi connectivity index (χ1n) is 6.01. The molecule has 1 aromatic rings. The molecule has 2 heterocycles. The van der Waals surface area contributed by atoms with Crippen LogP contribution in [0.5, 0.6) is 0 Å². The average Bonchev–Trinajstić information content (AvgIpc) is 2.74. The van der Waals surface area contributed by atoms with Crippen LogP contribution in [0.15, 0.2) is 17.3 Å². The van der Waals surface area contributed by atoms with Crippen molar-refractivity contribution in [2.45, 2.75) is 6.92 Å². The molecule has 1 fully saturated rings. The van der Waals surface area contributed by atoms with Gasteiger partial charge in [-0.25, -0.2) is 4.99 Å². The van der Waals surface area contributed by atoms with Crippen LogP contribution in [-0.2, 0) is 0 Å². The topological polar surface area (TPSA) is 34.6 Å². The van der Waals surface area contributed by atoms with E-state index in [1.165, 1.54) is 0 Å². The number of aromatic nitrogens is 1. The Morgan fingerprint density at radius 3 is 2.65 bits per heavy atom. The lowest BCUT2D eigenvalue weighted by molar-refractivity contribution is 0.204. The predicted octanol–water partition coefficient (Wildman–Crippen LogP) is -0.171. The summed E-state index contributed by atoms with van der Waals surface area (Å²) < 4.78 is 0. The molecule has 0 atom stereocenters. The lowest BCUT2D eigenvalue weighted by atomic mass is 10.3. The number of aromatic amines is 1. The zero-order chi connectivity index (χ0) is 12.3. The van der Waals surface area contributed by atoms with E-state index in [9.17, 15) is 0 Å². The van der Waals surface area contributed by atoms with Gasteiger partial charge < -0.3 is 14.8 Å². The molecule has 0 bridgehead atoms. The lowest BCUT2D eigenvalue weighted by Gasteiger charge is -2.33. The zero-order valence-corrected chi connectivity index (χ0v) is 10.6. The van der Waals surface area contributed by atoms with Gasteiger partial charge >= 0.3 is 0 Å². The van der Waals surface area contributed by atoms with Crippen molar-refractivity contribution in [2.24, 2.45) is 4.99 Å². The van der Waals surface area contributed by atoms with E-state index < -0.39 is 0 Å². The summed E-state index contributed by atoms with van der Waals surface area (Å²) in [4.78, 5) is 12.3. The van der Waals surface area contributed by atoms with Crippen molar-refractivity contribution in [3.63, 3.8) is 0 Å². The van der Waals surface area contributed by atoms with Gasteiger partial charge in [-0.2, -0.15) is 0 Å². The molecular weight excluding hydrogens is 212 g/mol. The average molecular weight is 232 g/mol. The smallest absolute Gasteiger partial charge is 0.137 e. The van der Waals surface area contributed by atoms with Crippen LogP contribution in [-0.4, -0.2) is 54.2 Å². The number of hydrogen-bond donors (Lipinski definition) is 1. The fourth-order valence-electron chi connectivity index (χ4n) is 2.08. The van der Waals surface area contributed by atoms with E-state index >= 15 is 0 Å². The van der Waals surface area contributed by atoms with E-state index in [2.05, 4.69) is 33.4 Å². The molecule has 0 aliphatic carbocycles. The largest absolute Gasteiger partial charge is 0.362 e. The SMILES string of the molecule is C=c1[nH]cc/c1=C(/N=C\C)N1CCN(C)CC1. The molecule has 4 heteroatoms. The molecule has 0 amide bonds. The van der Waals surface area contributed by atoms with E-state index in [0.717, 1.165) is 42.6 Å². The number of rotatable bonds is 2. The third kappa shape index (κ3) is 2.58. The van der Waals surface area contributed by atoms with Gasteiger partial charge in [-0.05, 0) is 20.0 Å². The normalized spacial score (nSPS) is 20.0. The molecule has 2 rings (SSSR count). The van der Waals surface area contributed by atoms with Gasteiger partial charge in [-0.15, -0.1) is 0 Å². The van der Waals surface area contributed by atoms with Crippen LogP contribution in [0.2, 0.25) is 0 Å². The number of hydrogen-bond acceptors (Lipinski definition) is 3. The summed E-state index contributed by atoms with van der Waals surface area (Å²) in [6.07, 6.45) is 3.76. The first-order chi connectivity index (χ1) is 8.22. The Bertz CT molecular complexity index is 492. The van der Waals surface area contributed by atoms with Crippen LogP contribution in [0.3, 0.4) is 0 Å². The summed E-state index contributed by atoms with van der Waals surface area (Å²) in [5.41, 5.74) is 0. The number of likely N-dealkylation sites (N-methyl/N-ethyl adjacent to an activating group) is 1. The first-order valence-corrected chi connectivity index (χ1v) is 6.01. The van der Waals surface area contributed by atoms with Crippen molar-refractivity contribution < 1.29 is 0 Å². The minimum absolute atomic E-state index is 0.935. The Hall–Kier alpha value is -1.55. The fourth-order valence-corrected chi connectivity index (χ4v) is 2.08. The number of H-pyrrole nitrogens is 1. The molecule has 1 aliphatic heterocycles. The third-order valence-electron chi connectivity index (χ3n) is 3.13. The highest BCUT2D eigenvalue weighted by molar-refractivity contribution is 5.62. The molecular formula is C13H20N4. The molecule has 1 saturated heterocycles. The summed E-state index contributed by atoms with van der Waals surface area (Å²) in [5.74, 6) is 1.03. The second kappa shape index (κ2) is 5.19. The van der Waals surface area contributed by atoms with Gasteiger partial charge in [0.25, 0.3) is 0 Å². The Kier molecular flexibility index (Phi) is 3.64. The van der Waals surface area contributed by atoms with Crippen LogP contribution >= 0.6 is 0 Å². The van der Waals surface area contributed by atoms with Gasteiger partial charge in [0.05, 0.1) is 0 Å². The van der Waals surface area contributed by atoms with Gasteiger partial charge in [0.1, 0.15) is 5.82 Å². The predicted molar refractivity (Wildman–Crippen MR) is 72.2 cm³/mol. The number of aliphatic imine (C=N–C) groups is 1. The molecule has 0 radical (unpaired) electrons. The van der Waals surface area contributed by atoms with Crippen molar-refractivity contribution in [3.05, 3.63) is 22.8 Å². The maximum atomic E-state index is 4.52. The molecule has 1 N–H and O–H groups in total. The maximum absolute atomic E-state index is 4.52. The molecule has 92 valence electrons. The van der Waals surface area contributed by atoms with Crippen LogP contribution in [0, 0.1) is 0 Å². The standard InChI is InChI=1S/C13H20N4/c1-4-14-13(12-5-6-15-11(12)2)17-9-7-16(3)8-10-17/h4-6,15H,2,7-10H2,1,3H3/b13-12+,14-4-. The molecule has 0 saturated carbocycles. The highest BCUT2D eigenvalue weighted by atomic mass is 15.3. The molecule has 17 heavy (non-hydrogen) atoms. The van der Waals surface area contributed by atoms with Gasteiger partial charge in [-0.3, -0.25) is 0 Å². The van der Waals surface area contributed by atoms with Crippen LogP contribution in [0.1, 0.15) is 6.92 Å². The van der Waals surface area contributed by atoms with E-state index in [-0.39, 0.29) is 0 Å². The van der Waals surface area contributed by atoms with Gasteiger partial charge in [0.2, 0.25) is 0 Å². The lowest BCUT2D eigenvalue weighted by Crippen LogP contribution is -2.45. The summed E-state index contributed by atoms with van der Waals surface area (Å²) in [5, 5.41) is 2.04. The van der Waals surface area contributed by atoms with E-state index in [4.69, 9.17) is 0 Å². The zero-order valence-electron chi connectivity index (χ0n) is 10.6. The molecule has 0 unspecified atom stereocenters. The quantitative estimate of drug-likeness (QED) is 0.718. The second-order valence-corrected chi connectivity index (χ2v) is 4.37. The number of nitrogens with zero attached hydrogens (tertiary/aromatic N) is 3. The monoisotopic (exact) mass is 232 g/mol. The van der Waals surface area contributed by atoms with Crippen molar-refractivity contribution >= 4 is 18.6 Å². The van der Waals surface area contributed by atoms with Gasteiger partial charge in [0, 0.05) is 49.2 Å². The van der Waals surface area contributed by atoms with Crippen molar-refractivity contribution in [3.8, 4) is 0 Å². The fraction of sp³-hybridized carbons (Fsp3) is 0.462. The van der Waals surface area contributed by atoms with E-state index in [1.807, 2.05) is 25.4 Å². The minimum atomic E-state index is 0.935. The summed E-state index contributed by atoms with van der Waals surface area (Å²) in [6, 6.07) is 2.04. The Labute approximate surface area is 102 Å². The van der Waals surface area contributed by atoms with E-state index in [0.29, 0.717) is 0 Å². The number of nitrogens with one attached hydrogen (secondary N) is 1. The first kappa shape index (κ1) is 11.9. The highest BCUT2D eigenvalue weighted by Crippen LogP contribution is 2.08. The Morgan fingerprint density at radius 2 is 2.12 bits per heavy atom. The van der Waals surface area contributed by atoms with Crippen molar-refractivity contribution in [2.75, 3.05) is 33.2 Å². The molecule has 0 aromatic carbocycles. The van der Waals surface area contributed by atoms with Gasteiger partial charge in [0.15, 0.2) is 0 Å². The summed E-state index contributed by atoms with van der Waals surface area (Å²) >= 11 is 0. The molecule has 1 aromatic heterocycles. The van der Waals surface area contributed by atoms with Gasteiger partial charge in [-0.1, -0.05) is 6.58 Å². The molecule has 0 spiro atoms. The van der Waals surface area contributed by atoms with Crippen LogP contribution in [0.25, 0.3) is 12.4 Å². The molecule has 1 aliphatic rings. The number of piperazine rings is 1. The highest BCUT2D eigenvalue weighted by Gasteiger charge is 2.16. The summed E-state index contributed by atoms with van der Waals surface area (Å²) in [7, 11) is 2.16. The maximum Gasteiger partial charge on any atom is 0.137 e. The molecule has 4 nitrogen and oxygen atoms in total. The summed E-state index contributed by atoms with van der Waals surface area (Å²) in [6.45, 7) is 10.2. The Balaban J connectivity index is 2.38.